The number of ether oxygens (including phenoxy) is 3. The standard InChI is InChI=1S/C25H23Cl2NO5/c1-15-9-19(22(29)14-32-25(30)11-17-7-8-20(26)21(27)10-17)16(2)28(15)12-18-13-31-23-5-3-4-6-24(23)33-18/h3-10,18H,11-14H2,1-2H3/t18-/m0/s1. The first-order valence-electron chi connectivity index (χ1n) is 10.5. The van der Waals surface area contributed by atoms with Crippen LogP contribution in [0.1, 0.15) is 27.3 Å². The number of benzene rings is 2. The van der Waals surface area contributed by atoms with Crippen molar-refractivity contribution in [3.05, 3.63) is 81.1 Å². The second-order valence-electron chi connectivity index (χ2n) is 7.90. The maximum Gasteiger partial charge on any atom is 0.310 e. The molecule has 8 heteroatoms. The Labute approximate surface area is 202 Å². The lowest BCUT2D eigenvalue weighted by atomic mass is 10.1. The van der Waals surface area contributed by atoms with Gasteiger partial charge in [0.05, 0.1) is 23.0 Å². The van der Waals surface area contributed by atoms with Gasteiger partial charge in [-0.25, -0.2) is 0 Å². The Morgan fingerprint density at radius 2 is 1.82 bits per heavy atom. The molecule has 33 heavy (non-hydrogen) atoms. The second kappa shape index (κ2) is 9.89. The van der Waals surface area contributed by atoms with Crippen LogP contribution >= 0.6 is 23.2 Å². The molecule has 0 N–H and O–H groups in total. The number of carbonyl (C=O) groups excluding carboxylic acids is 2. The number of hydrogen-bond donors (Lipinski definition) is 0. The molecule has 2 aromatic carbocycles. The van der Waals surface area contributed by atoms with Gasteiger partial charge in [0.15, 0.2) is 24.2 Å². The summed E-state index contributed by atoms with van der Waals surface area (Å²) >= 11 is 11.9. The fourth-order valence-electron chi connectivity index (χ4n) is 3.81. The molecule has 1 aromatic heterocycles. The monoisotopic (exact) mass is 487 g/mol. The number of halogens is 2. The first-order chi connectivity index (χ1) is 15.8. The molecule has 0 bridgehead atoms. The zero-order chi connectivity index (χ0) is 23.5. The first-order valence-corrected chi connectivity index (χ1v) is 11.3. The van der Waals surface area contributed by atoms with Crippen LogP contribution in [0.25, 0.3) is 0 Å². The van der Waals surface area contributed by atoms with Gasteiger partial charge in [-0.15, -0.1) is 0 Å². The molecule has 4 rings (SSSR count). The normalized spacial score (nSPS) is 14.7. The fourth-order valence-corrected chi connectivity index (χ4v) is 4.13. The van der Waals surface area contributed by atoms with Crippen molar-refractivity contribution in [2.45, 2.75) is 32.9 Å². The summed E-state index contributed by atoms with van der Waals surface area (Å²) in [5.74, 6) is 0.666. The van der Waals surface area contributed by atoms with Crippen molar-refractivity contribution >= 4 is 35.0 Å². The van der Waals surface area contributed by atoms with Gasteiger partial charge in [-0.2, -0.15) is 0 Å². The molecule has 0 fully saturated rings. The van der Waals surface area contributed by atoms with Crippen LogP contribution in [0.3, 0.4) is 0 Å². The van der Waals surface area contributed by atoms with Crippen LogP contribution in [-0.2, 0) is 22.5 Å². The fraction of sp³-hybridized carbons (Fsp3) is 0.280. The van der Waals surface area contributed by atoms with E-state index in [-0.39, 0.29) is 24.9 Å². The second-order valence-corrected chi connectivity index (χ2v) is 8.72. The Morgan fingerprint density at radius 1 is 1.06 bits per heavy atom. The van der Waals surface area contributed by atoms with Crippen LogP contribution in [0.15, 0.2) is 48.5 Å². The molecular formula is C25H23Cl2NO5. The summed E-state index contributed by atoms with van der Waals surface area (Å²) in [6.07, 6.45) is -0.180. The van der Waals surface area contributed by atoms with Crippen molar-refractivity contribution in [2.75, 3.05) is 13.2 Å². The number of hydrogen-bond acceptors (Lipinski definition) is 5. The topological polar surface area (TPSA) is 66.8 Å². The molecule has 0 aliphatic carbocycles. The van der Waals surface area contributed by atoms with Gasteiger partial charge in [0.25, 0.3) is 0 Å². The quantitative estimate of drug-likeness (QED) is 0.337. The molecule has 1 atom stereocenters. The highest BCUT2D eigenvalue weighted by Gasteiger charge is 2.24. The van der Waals surface area contributed by atoms with E-state index in [4.69, 9.17) is 37.4 Å². The number of aromatic nitrogens is 1. The highest BCUT2D eigenvalue weighted by atomic mass is 35.5. The van der Waals surface area contributed by atoms with Crippen LogP contribution in [-0.4, -0.2) is 35.6 Å². The van der Waals surface area contributed by atoms with E-state index in [9.17, 15) is 9.59 Å². The molecule has 0 unspecified atom stereocenters. The minimum atomic E-state index is -0.512. The summed E-state index contributed by atoms with van der Waals surface area (Å²) in [5, 5.41) is 0.773. The van der Waals surface area contributed by atoms with Crippen molar-refractivity contribution in [2.24, 2.45) is 0 Å². The van der Waals surface area contributed by atoms with Crippen LogP contribution < -0.4 is 9.47 Å². The number of ketones is 1. The van der Waals surface area contributed by atoms with E-state index in [1.165, 1.54) is 0 Å². The van der Waals surface area contributed by atoms with Gasteiger partial charge in [-0.05, 0) is 49.7 Å². The summed E-state index contributed by atoms with van der Waals surface area (Å²) < 4.78 is 19.1. The largest absolute Gasteiger partial charge is 0.486 e. The molecule has 0 amide bonds. The third kappa shape index (κ3) is 5.34. The van der Waals surface area contributed by atoms with Gasteiger partial charge in [0, 0.05) is 17.0 Å². The van der Waals surface area contributed by atoms with Crippen molar-refractivity contribution < 1.29 is 23.8 Å². The van der Waals surface area contributed by atoms with E-state index in [0.29, 0.717) is 40.1 Å². The predicted molar refractivity (Wildman–Crippen MR) is 126 cm³/mol. The van der Waals surface area contributed by atoms with E-state index in [0.717, 1.165) is 17.1 Å². The minimum Gasteiger partial charge on any atom is -0.486 e. The molecule has 172 valence electrons. The van der Waals surface area contributed by atoms with E-state index in [2.05, 4.69) is 0 Å². The van der Waals surface area contributed by atoms with Gasteiger partial charge in [0.2, 0.25) is 5.78 Å². The lowest BCUT2D eigenvalue weighted by Gasteiger charge is -2.27. The molecule has 6 nitrogen and oxygen atoms in total. The minimum absolute atomic E-state index is 0.00365. The van der Waals surface area contributed by atoms with E-state index in [1.54, 1.807) is 18.2 Å². The van der Waals surface area contributed by atoms with Gasteiger partial charge >= 0.3 is 5.97 Å². The van der Waals surface area contributed by atoms with E-state index < -0.39 is 5.97 Å². The zero-order valence-electron chi connectivity index (χ0n) is 18.3. The van der Waals surface area contributed by atoms with Crippen LogP contribution in [0.5, 0.6) is 11.5 Å². The number of rotatable bonds is 7. The van der Waals surface area contributed by atoms with Gasteiger partial charge in [-0.1, -0.05) is 41.4 Å². The number of Topliss-reactive ketones (excluding diaryl/α,β-unsaturated/α-hetero) is 1. The number of carbonyl (C=O) groups is 2. The maximum atomic E-state index is 12.8. The van der Waals surface area contributed by atoms with Crippen LogP contribution in [0, 0.1) is 13.8 Å². The molecular weight excluding hydrogens is 465 g/mol. The van der Waals surface area contributed by atoms with Crippen LogP contribution in [0.4, 0.5) is 0 Å². The SMILES string of the molecule is Cc1cc(C(=O)COC(=O)Cc2ccc(Cl)c(Cl)c2)c(C)n1C[C@H]1COc2ccccc2O1. The summed E-state index contributed by atoms with van der Waals surface area (Å²) in [6.45, 7) is 4.42. The lowest BCUT2D eigenvalue weighted by molar-refractivity contribution is -0.141. The zero-order valence-corrected chi connectivity index (χ0v) is 19.8. The van der Waals surface area contributed by atoms with Crippen molar-refractivity contribution in [1.82, 2.24) is 4.57 Å². The Bertz CT molecular complexity index is 1200. The number of fused-ring (bicyclic) bond motifs is 1. The summed E-state index contributed by atoms with van der Waals surface area (Å²) in [6, 6.07) is 14.3. The molecule has 0 radical (unpaired) electrons. The number of para-hydroxylation sites is 2. The Balaban J connectivity index is 1.36. The predicted octanol–water partition coefficient (Wildman–Crippen LogP) is 5.22. The van der Waals surface area contributed by atoms with E-state index >= 15 is 0 Å². The lowest BCUT2D eigenvalue weighted by Crippen LogP contribution is -2.33. The van der Waals surface area contributed by atoms with Gasteiger partial charge < -0.3 is 18.8 Å². The molecule has 2 heterocycles. The average molecular weight is 488 g/mol. The number of aryl methyl sites for hydroxylation is 1. The smallest absolute Gasteiger partial charge is 0.310 e. The van der Waals surface area contributed by atoms with Crippen molar-refractivity contribution in [3.8, 4) is 11.5 Å². The highest BCUT2D eigenvalue weighted by molar-refractivity contribution is 6.42. The maximum absolute atomic E-state index is 12.8. The Hall–Kier alpha value is -2.96. The van der Waals surface area contributed by atoms with E-state index in [1.807, 2.05) is 48.7 Å². The van der Waals surface area contributed by atoms with Gasteiger partial charge in [0.1, 0.15) is 6.61 Å². The van der Waals surface area contributed by atoms with Crippen molar-refractivity contribution in [1.29, 1.82) is 0 Å². The molecule has 0 saturated heterocycles. The molecule has 0 spiro atoms. The average Bonchev–Trinajstić information content (AvgIpc) is 3.08. The third-order valence-corrected chi connectivity index (χ3v) is 6.26. The molecule has 3 aromatic rings. The number of nitrogens with zero attached hydrogens (tertiary/aromatic N) is 1. The Kier molecular flexibility index (Phi) is 6.96. The van der Waals surface area contributed by atoms with Crippen molar-refractivity contribution in [3.63, 3.8) is 0 Å². The Morgan fingerprint density at radius 3 is 2.58 bits per heavy atom. The van der Waals surface area contributed by atoms with Gasteiger partial charge in [-0.3, -0.25) is 9.59 Å². The molecule has 1 aliphatic heterocycles. The molecule has 1 aliphatic rings. The third-order valence-electron chi connectivity index (χ3n) is 5.52. The first kappa shape index (κ1) is 23.2. The number of esters is 1. The van der Waals surface area contributed by atoms with Crippen LogP contribution in [0.2, 0.25) is 10.0 Å². The molecule has 0 saturated carbocycles. The summed E-state index contributed by atoms with van der Waals surface area (Å²) in [4.78, 5) is 24.9. The summed E-state index contributed by atoms with van der Waals surface area (Å²) in [7, 11) is 0. The summed E-state index contributed by atoms with van der Waals surface area (Å²) in [5.41, 5.74) is 2.89. The highest BCUT2D eigenvalue weighted by Crippen LogP contribution is 2.31.